The van der Waals surface area contributed by atoms with E-state index < -0.39 is 6.10 Å². The zero-order chi connectivity index (χ0) is 16.7. The van der Waals surface area contributed by atoms with Crippen LogP contribution in [0.4, 0.5) is 5.82 Å². The molecule has 2 aromatic rings. The van der Waals surface area contributed by atoms with E-state index in [1.807, 2.05) is 25.1 Å². The number of rotatable bonds is 8. The molecule has 0 bridgehead atoms. The highest BCUT2D eigenvalue weighted by molar-refractivity contribution is 6.30. The minimum absolute atomic E-state index is 0.256. The number of benzene rings is 1. The molecule has 1 aromatic heterocycles. The lowest BCUT2D eigenvalue weighted by molar-refractivity contribution is -0.127. The van der Waals surface area contributed by atoms with Crippen LogP contribution in [0.25, 0.3) is 11.1 Å². The average Bonchev–Trinajstić information content (AvgIpc) is 2.99. The number of carbonyl (C=O) groups excluding carboxylic acids is 1. The minimum Gasteiger partial charge on any atom is -0.379 e. The normalized spacial score (nSPS) is 12.1. The second kappa shape index (κ2) is 8.67. The number of anilines is 1. The third-order valence-corrected chi connectivity index (χ3v) is 3.43. The molecule has 0 fully saturated rings. The molecular formula is C16H20ClN3O3. The highest BCUT2D eigenvalue weighted by Gasteiger charge is 2.17. The number of aromatic amines is 1. The van der Waals surface area contributed by atoms with Crippen LogP contribution in [-0.2, 0) is 14.3 Å². The topological polar surface area (TPSA) is 76.2 Å². The van der Waals surface area contributed by atoms with E-state index in [4.69, 9.17) is 21.1 Å². The van der Waals surface area contributed by atoms with E-state index >= 15 is 0 Å². The molecule has 2 N–H and O–H groups in total. The van der Waals surface area contributed by atoms with Gasteiger partial charge in [-0.05, 0) is 31.5 Å². The van der Waals surface area contributed by atoms with Crippen molar-refractivity contribution in [2.45, 2.75) is 20.0 Å². The highest BCUT2D eigenvalue weighted by atomic mass is 35.5. The molecule has 0 aliphatic carbocycles. The number of H-pyrrole nitrogens is 1. The lowest BCUT2D eigenvalue weighted by atomic mass is 10.1. The molecule has 1 amide bonds. The van der Waals surface area contributed by atoms with Gasteiger partial charge >= 0.3 is 0 Å². The SMILES string of the molecule is CCOCCO[C@H](C)C(=O)Nc1[nH]ncc1-c1cccc(Cl)c1. The van der Waals surface area contributed by atoms with Gasteiger partial charge in [0.05, 0.1) is 19.4 Å². The molecule has 2 rings (SSSR count). The standard InChI is InChI=1S/C16H20ClN3O3/c1-3-22-7-8-23-11(2)16(21)19-15-14(10-18-20-15)12-5-4-6-13(17)9-12/h4-6,9-11H,3,7-8H2,1-2H3,(H2,18,19,20,21)/t11-/m1/s1. The van der Waals surface area contributed by atoms with Crippen LogP contribution in [0.1, 0.15) is 13.8 Å². The molecule has 0 saturated heterocycles. The third kappa shape index (κ3) is 5.06. The molecule has 0 spiro atoms. The van der Waals surface area contributed by atoms with Crippen molar-refractivity contribution >= 4 is 23.3 Å². The minimum atomic E-state index is -0.592. The van der Waals surface area contributed by atoms with Crippen LogP contribution in [-0.4, -0.2) is 42.0 Å². The highest BCUT2D eigenvalue weighted by Crippen LogP contribution is 2.27. The summed E-state index contributed by atoms with van der Waals surface area (Å²) in [6.45, 7) is 5.06. The lowest BCUT2D eigenvalue weighted by Crippen LogP contribution is -2.29. The molecule has 1 aromatic carbocycles. The summed E-state index contributed by atoms with van der Waals surface area (Å²) in [6, 6.07) is 7.34. The molecule has 7 heteroatoms. The average molecular weight is 338 g/mol. The fourth-order valence-corrected chi connectivity index (χ4v) is 2.18. The Morgan fingerprint density at radius 1 is 1.43 bits per heavy atom. The molecule has 1 atom stereocenters. The maximum Gasteiger partial charge on any atom is 0.254 e. The first-order valence-electron chi connectivity index (χ1n) is 7.41. The first-order valence-corrected chi connectivity index (χ1v) is 7.79. The number of hydrogen-bond acceptors (Lipinski definition) is 4. The van der Waals surface area contributed by atoms with E-state index in [0.29, 0.717) is 30.7 Å². The predicted molar refractivity (Wildman–Crippen MR) is 89.6 cm³/mol. The van der Waals surface area contributed by atoms with Crippen molar-refractivity contribution in [2.75, 3.05) is 25.1 Å². The number of hydrogen-bond donors (Lipinski definition) is 2. The Kier molecular flexibility index (Phi) is 6.58. The smallest absolute Gasteiger partial charge is 0.254 e. The van der Waals surface area contributed by atoms with Gasteiger partial charge in [-0.25, -0.2) is 0 Å². The summed E-state index contributed by atoms with van der Waals surface area (Å²) in [5.74, 6) is 0.256. The van der Waals surface area contributed by atoms with Crippen molar-refractivity contribution in [3.8, 4) is 11.1 Å². The van der Waals surface area contributed by atoms with Gasteiger partial charge in [0.2, 0.25) is 0 Å². The van der Waals surface area contributed by atoms with Gasteiger partial charge in [0.25, 0.3) is 5.91 Å². The van der Waals surface area contributed by atoms with Gasteiger partial charge in [-0.1, -0.05) is 23.7 Å². The molecular weight excluding hydrogens is 318 g/mol. The summed E-state index contributed by atoms with van der Waals surface area (Å²) < 4.78 is 10.6. The summed E-state index contributed by atoms with van der Waals surface area (Å²) in [5, 5.41) is 10.2. The summed E-state index contributed by atoms with van der Waals surface area (Å²) >= 11 is 6.00. The van der Waals surface area contributed by atoms with Crippen molar-refractivity contribution < 1.29 is 14.3 Å². The van der Waals surface area contributed by atoms with Crippen LogP contribution < -0.4 is 5.32 Å². The molecule has 0 unspecified atom stereocenters. The second-order valence-electron chi connectivity index (χ2n) is 4.87. The number of nitrogens with zero attached hydrogens (tertiary/aromatic N) is 1. The molecule has 0 aliphatic rings. The first kappa shape index (κ1) is 17.5. The maximum atomic E-state index is 12.2. The van der Waals surface area contributed by atoms with Gasteiger partial charge in [0.1, 0.15) is 11.9 Å². The monoisotopic (exact) mass is 337 g/mol. The van der Waals surface area contributed by atoms with E-state index in [9.17, 15) is 4.79 Å². The predicted octanol–water partition coefficient (Wildman–Crippen LogP) is 3.11. The van der Waals surface area contributed by atoms with Crippen molar-refractivity contribution in [3.63, 3.8) is 0 Å². The van der Waals surface area contributed by atoms with Crippen molar-refractivity contribution in [1.29, 1.82) is 0 Å². The lowest BCUT2D eigenvalue weighted by Gasteiger charge is -2.13. The molecule has 23 heavy (non-hydrogen) atoms. The Morgan fingerprint density at radius 2 is 2.26 bits per heavy atom. The Labute approximate surface area is 140 Å². The molecule has 124 valence electrons. The van der Waals surface area contributed by atoms with Gasteiger partial charge in [-0.3, -0.25) is 9.89 Å². The van der Waals surface area contributed by atoms with Crippen LogP contribution in [0.15, 0.2) is 30.5 Å². The number of ether oxygens (including phenoxy) is 2. The third-order valence-electron chi connectivity index (χ3n) is 3.19. The van der Waals surface area contributed by atoms with Crippen molar-refractivity contribution in [3.05, 3.63) is 35.5 Å². The summed E-state index contributed by atoms with van der Waals surface area (Å²) in [7, 11) is 0. The number of amides is 1. The van der Waals surface area contributed by atoms with Crippen LogP contribution >= 0.6 is 11.6 Å². The van der Waals surface area contributed by atoms with Crippen molar-refractivity contribution in [1.82, 2.24) is 10.2 Å². The van der Waals surface area contributed by atoms with Crippen LogP contribution in [0.2, 0.25) is 5.02 Å². The van der Waals surface area contributed by atoms with E-state index in [2.05, 4.69) is 15.5 Å². The van der Waals surface area contributed by atoms with Gasteiger partial charge in [0.15, 0.2) is 0 Å². The van der Waals surface area contributed by atoms with Crippen LogP contribution in [0.3, 0.4) is 0 Å². The molecule has 0 radical (unpaired) electrons. The van der Waals surface area contributed by atoms with E-state index in [1.165, 1.54) is 0 Å². The van der Waals surface area contributed by atoms with Gasteiger partial charge in [-0.2, -0.15) is 5.10 Å². The quantitative estimate of drug-likeness (QED) is 0.726. The van der Waals surface area contributed by atoms with E-state index in [0.717, 1.165) is 11.1 Å². The number of nitrogens with one attached hydrogen (secondary N) is 2. The largest absolute Gasteiger partial charge is 0.379 e. The summed E-state index contributed by atoms with van der Waals surface area (Å²) in [5.41, 5.74) is 1.63. The number of carbonyl (C=O) groups is 1. The van der Waals surface area contributed by atoms with Gasteiger partial charge < -0.3 is 14.8 Å². The Balaban J connectivity index is 1.98. The van der Waals surface area contributed by atoms with E-state index in [-0.39, 0.29) is 5.91 Å². The van der Waals surface area contributed by atoms with Gasteiger partial charge in [-0.15, -0.1) is 0 Å². The van der Waals surface area contributed by atoms with Crippen LogP contribution in [0.5, 0.6) is 0 Å². The number of aromatic nitrogens is 2. The van der Waals surface area contributed by atoms with Crippen molar-refractivity contribution in [2.24, 2.45) is 0 Å². The fourth-order valence-electron chi connectivity index (χ4n) is 1.98. The van der Waals surface area contributed by atoms with E-state index in [1.54, 1.807) is 19.2 Å². The molecule has 6 nitrogen and oxygen atoms in total. The summed E-state index contributed by atoms with van der Waals surface area (Å²) in [6.07, 6.45) is 1.05. The zero-order valence-corrected chi connectivity index (χ0v) is 13.9. The maximum absolute atomic E-state index is 12.2. The molecule has 0 aliphatic heterocycles. The molecule has 0 saturated carbocycles. The zero-order valence-electron chi connectivity index (χ0n) is 13.1. The Bertz CT molecular complexity index is 645. The van der Waals surface area contributed by atoms with Crippen LogP contribution in [0, 0.1) is 0 Å². The molecule has 1 heterocycles. The van der Waals surface area contributed by atoms with Gasteiger partial charge in [0, 0.05) is 17.2 Å². The first-order chi connectivity index (χ1) is 11.1. The summed E-state index contributed by atoms with van der Waals surface area (Å²) in [4.78, 5) is 12.2. The Morgan fingerprint density at radius 3 is 3.00 bits per heavy atom. The number of halogens is 1. The fraction of sp³-hybridized carbons (Fsp3) is 0.375. The second-order valence-corrected chi connectivity index (χ2v) is 5.30. The Hall–Kier alpha value is -1.89.